The van der Waals surface area contributed by atoms with Crippen LogP contribution in [0.4, 0.5) is 0 Å². The van der Waals surface area contributed by atoms with Gasteiger partial charge in [0.05, 0.1) is 34.6 Å². The van der Waals surface area contributed by atoms with Gasteiger partial charge in [0, 0.05) is 15.4 Å². The van der Waals surface area contributed by atoms with Gasteiger partial charge in [-0.2, -0.15) is 5.10 Å². The number of benzene rings is 3. The van der Waals surface area contributed by atoms with E-state index in [1.165, 1.54) is 13.3 Å². The second-order valence-electron chi connectivity index (χ2n) is 6.84. The van der Waals surface area contributed by atoms with Crippen LogP contribution in [-0.2, 0) is 0 Å². The Morgan fingerprint density at radius 3 is 2.69 bits per heavy atom. The van der Waals surface area contributed by atoms with Crippen molar-refractivity contribution in [2.45, 2.75) is 0 Å². The van der Waals surface area contributed by atoms with Gasteiger partial charge in [-0.25, -0.2) is 10.4 Å². The molecule has 0 atom stereocenters. The number of nitrogens with one attached hydrogen (secondary N) is 1. The monoisotopic (exact) mass is 553 g/mol. The number of aromatic hydroxyl groups is 1. The third kappa shape index (κ3) is 4.66. The SMILES string of the molecule is COc1cc(/C=N\NC(=O)c2cc(-c3cccc(Br)c3)nc3ccccc23)cc(Br)c1O. The summed E-state index contributed by atoms with van der Waals surface area (Å²) in [7, 11) is 1.46. The highest BCUT2D eigenvalue weighted by molar-refractivity contribution is 9.10. The maximum Gasteiger partial charge on any atom is 0.272 e. The number of phenols is 1. The molecule has 1 aromatic heterocycles. The van der Waals surface area contributed by atoms with E-state index in [1.807, 2.05) is 48.5 Å². The van der Waals surface area contributed by atoms with Crippen molar-refractivity contribution in [3.8, 4) is 22.8 Å². The van der Waals surface area contributed by atoms with Gasteiger partial charge in [0.1, 0.15) is 0 Å². The molecule has 8 heteroatoms. The first-order valence-electron chi connectivity index (χ1n) is 9.52. The van der Waals surface area contributed by atoms with Crippen LogP contribution in [0, 0.1) is 0 Å². The molecule has 0 bridgehead atoms. The molecule has 0 aliphatic rings. The van der Waals surface area contributed by atoms with Crippen molar-refractivity contribution < 1.29 is 14.6 Å². The molecule has 1 heterocycles. The Balaban J connectivity index is 1.66. The van der Waals surface area contributed by atoms with E-state index in [2.05, 4.69) is 42.4 Å². The fraction of sp³-hybridized carbons (Fsp3) is 0.0417. The summed E-state index contributed by atoms with van der Waals surface area (Å²) in [5, 5.41) is 14.7. The van der Waals surface area contributed by atoms with Gasteiger partial charge in [0.25, 0.3) is 5.91 Å². The Kier molecular flexibility index (Phi) is 6.53. The minimum atomic E-state index is -0.360. The molecular weight excluding hydrogens is 538 g/mol. The normalized spacial score (nSPS) is 11.1. The van der Waals surface area contributed by atoms with Gasteiger partial charge in [0.2, 0.25) is 0 Å². The molecular formula is C24H17Br2N3O3. The molecule has 2 N–H and O–H groups in total. The van der Waals surface area contributed by atoms with Crippen molar-refractivity contribution in [2.24, 2.45) is 5.10 Å². The van der Waals surface area contributed by atoms with E-state index in [1.54, 1.807) is 18.2 Å². The zero-order valence-corrected chi connectivity index (χ0v) is 20.0. The first-order chi connectivity index (χ1) is 15.5. The highest BCUT2D eigenvalue weighted by Gasteiger charge is 2.14. The van der Waals surface area contributed by atoms with Crippen molar-refractivity contribution in [1.82, 2.24) is 10.4 Å². The quantitative estimate of drug-likeness (QED) is 0.237. The number of phenolic OH excluding ortho intramolecular Hbond substituents is 1. The van der Waals surface area contributed by atoms with E-state index < -0.39 is 0 Å². The van der Waals surface area contributed by atoms with Gasteiger partial charge in [-0.1, -0.05) is 46.3 Å². The van der Waals surface area contributed by atoms with Crippen molar-refractivity contribution in [3.63, 3.8) is 0 Å². The molecule has 0 saturated heterocycles. The fourth-order valence-electron chi connectivity index (χ4n) is 3.21. The summed E-state index contributed by atoms with van der Waals surface area (Å²) in [4.78, 5) is 17.7. The van der Waals surface area contributed by atoms with Crippen molar-refractivity contribution in [1.29, 1.82) is 0 Å². The predicted octanol–water partition coefficient (Wildman–Crippen LogP) is 5.90. The number of fused-ring (bicyclic) bond motifs is 1. The Hall–Kier alpha value is -3.23. The van der Waals surface area contributed by atoms with E-state index in [4.69, 9.17) is 9.72 Å². The van der Waals surface area contributed by atoms with Gasteiger partial charge in [-0.05, 0) is 57.9 Å². The predicted molar refractivity (Wildman–Crippen MR) is 132 cm³/mol. The second kappa shape index (κ2) is 9.50. The third-order valence-corrected chi connectivity index (χ3v) is 5.83. The van der Waals surface area contributed by atoms with Crippen LogP contribution in [0.5, 0.6) is 11.5 Å². The number of methoxy groups -OCH3 is 1. The lowest BCUT2D eigenvalue weighted by atomic mass is 10.0. The third-order valence-electron chi connectivity index (χ3n) is 4.73. The number of ether oxygens (including phenoxy) is 1. The van der Waals surface area contributed by atoms with Crippen LogP contribution >= 0.6 is 31.9 Å². The number of para-hydroxylation sites is 1. The van der Waals surface area contributed by atoms with Crippen LogP contribution in [0.1, 0.15) is 15.9 Å². The summed E-state index contributed by atoms with van der Waals surface area (Å²) in [5.74, 6) is -0.0659. The number of hydrogen-bond donors (Lipinski definition) is 2. The highest BCUT2D eigenvalue weighted by atomic mass is 79.9. The summed E-state index contributed by atoms with van der Waals surface area (Å²) in [5.41, 5.74) is 5.97. The molecule has 4 aromatic rings. The molecule has 32 heavy (non-hydrogen) atoms. The number of carbonyl (C=O) groups excluding carboxylic acids is 1. The number of aromatic nitrogens is 1. The molecule has 0 saturated carbocycles. The number of amides is 1. The molecule has 3 aromatic carbocycles. The average Bonchev–Trinajstić information content (AvgIpc) is 2.80. The van der Waals surface area contributed by atoms with E-state index in [9.17, 15) is 9.90 Å². The highest BCUT2D eigenvalue weighted by Crippen LogP contribution is 2.34. The van der Waals surface area contributed by atoms with Crippen LogP contribution in [0.15, 0.2) is 80.8 Å². The first-order valence-corrected chi connectivity index (χ1v) is 11.1. The van der Waals surface area contributed by atoms with Gasteiger partial charge in [0.15, 0.2) is 11.5 Å². The molecule has 4 rings (SSSR count). The van der Waals surface area contributed by atoms with Crippen molar-refractivity contribution in [2.75, 3.05) is 7.11 Å². The largest absolute Gasteiger partial charge is 0.503 e. The summed E-state index contributed by atoms with van der Waals surface area (Å²) < 4.78 is 6.52. The summed E-state index contributed by atoms with van der Waals surface area (Å²) in [6.07, 6.45) is 1.48. The Labute approximate surface area is 201 Å². The molecule has 0 unspecified atom stereocenters. The molecule has 0 aliphatic carbocycles. The standard InChI is InChI=1S/C24H17Br2N3O3/c1-32-22-10-14(9-19(26)23(22)30)13-27-29-24(31)18-12-21(15-5-4-6-16(25)11-15)28-20-8-3-2-7-17(18)20/h2-13,30H,1H3,(H,29,31)/b27-13-. The van der Waals surface area contributed by atoms with Gasteiger partial charge in [-0.15, -0.1) is 0 Å². The van der Waals surface area contributed by atoms with E-state index in [0.29, 0.717) is 32.6 Å². The molecule has 0 fully saturated rings. The van der Waals surface area contributed by atoms with Crippen LogP contribution in [0.25, 0.3) is 22.2 Å². The van der Waals surface area contributed by atoms with Crippen LogP contribution in [0.2, 0.25) is 0 Å². The smallest absolute Gasteiger partial charge is 0.272 e. The molecule has 0 radical (unpaired) electrons. The fourth-order valence-corrected chi connectivity index (χ4v) is 4.07. The summed E-state index contributed by atoms with van der Waals surface area (Å²) >= 11 is 6.75. The molecule has 160 valence electrons. The molecule has 0 spiro atoms. The maximum atomic E-state index is 13.0. The Morgan fingerprint density at radius 2 is 1.91 bits per heavy atom. The zero-order valence-electron chi connectivity index (χ0n) is 16.8. The van der Waals surface area contributed by atoms with E-state index in [0.717, 1.165) is 15.4 Å². The second-order valence-corrected chi connectivity index (χ2v) is 8.61. The number of pyridine rings is 1. The molecule has 1 amide bonds. The summed E-state index contributed by atoms with van der Waals surface area (Å²) in [6.45, 7) is 0. The van der Waals surface area contributed by atoms with Crippen LogP contribution in [0.3, 0.4) is 0 Å². The Bertz CT molecular complexity index is 1360. The lowest BCUT2D eigenvalue weighted by Gasteiger charge is -2.09. The topological polar surface area (TPSA) is 83.8 Å². The lowest BCUT2D eigenvalue weighted by Crippen LogP contribution is -2.18. The van der Waals surface area contributed by atoms with Crippen molar-refractivity contribution >= 4 is 54.9 Å². The number of hydrazone groups is 1. The van der Waals surface area contributed by atoms with Gasteiger partial charge >= 0.3 is 0 Å². The van der Waals surface area contributed by atoms with Gasteiger partial charge in [-0.3, -0.25) is 4.79 Å². The minimum Gasteiger partial charge on any atom is -0.503 e. The van der Waals surface area contributed by atoms with Crippen LogP contribution < -0.4 is 10.2 Å². The number of nitrogens with zero attached hydrogens (tertiary/aromatic N) is 2. The van der Waals surface area contributed by atoms with E-state index in [-0.39, 0.29) is 11.7 Å². The van der Waals surface area contributed by atoms with Gasteiger partial charge < -0.3 is 9.84 Å². The lowest BCUT2D eigenvalue weighted by molar-refractivity contribution is 0.0956. The minimum absolute atomic E-state index is 0.00276. The average molecular weight is 555 g/mol. The Morgan fingerprint density at radius 1 is 1.09 bits per heavy atom. The summed E-state index contributed by atoms with van der Waals surface area (Å²) in [6, 6.07) is 20.3. The maximum absolute atomic E-state index is 13.0. The molecule has 0 aliphatic heterocycles. The molecule has 6 nitrogen and oxygen atoms in total. The first kappa shape index (κ1) is 22.0. The van der Waals surface area contributed by atoms with Crippen molar-refractivity contribution in [3.05, 3.63) is 86.8 Å². The number of rotatable bonds is 5. The zero-order chi connectivity index (χ0) is 22.7. The van der Waals surface area contributed by atoms with E-state index >= 15 is 0 Å². The number of carbonyl (C=O) groups is 1. The van der Waals surface area contributed by atoms with Crippen LogP contribution in [-0.4, -0.2) is 29.3 Å². The number of hydrogen-bond acceptors (Lipinski definition) is 5. The number of halogens is 2.